The van der Waals surface area contributed by atoms with E-state index in [1.54, 1.807) is 7.05 Å². The maximum Gasteiger partial charge on any atom is 0.272 e. The lowest BCUT2D eigenvalue weighted by Crippen LogP contribution is -2.53. The van der Waals surface area contributed by atoms with Crippen molar-refractivity contribution in [3.63, 3.8) is 0 Å². The van der Waals surface area contributed by atoms with E-state index in [0.29, 0.717) is 18.2 Å². The van der Waals surface area contributed by atoms with Gasteiger partial charge in [0.15, 0.2) is 5.69 Å². The summed E-state index contributed by atoms with van der Waals surface area (Å²) in [7, 11) is 3.65. The summed E-state index contributed by atoms with van der Waals surface area (Å²) in [6.07, 6.45) is 5.49. The highest BCUT2D eigenvalue weighted by Gasteiger charge is 2.35. The first-order chi connectivity index (χ1) is 13.6. The molecule has 0 saturated heterocycles. The predicted octanol–water partition coefficient (Wildman–Crippen LogP) is 2.42. The van der Waals surface area contributed by atoms with Crippen LogP contribution in [0.5, 0.6) is 0 Å². The number of nitrogens with one attached hydrogen (secondary N) is 2. The molecule has 0 spiro atoms. The largest absolute Gasteiger partial charge is 0.357 e. The second-order valence-corrected chi connectivity index (χ2v) is 9.62. The van der Waals surface area contributed by atoms with Crippen LogP contribution in [0.1, 0.15) is 69.0 Å². The van der Waals surface area contributed by atoms with Gasteiger partial charge in [0.1, 0.15) is 11.9 Å². The molecule has 0 aromatic carbocycles. The second kappa shape index (κ2) is 8.30. The Morgan fingerprint density at radius 3 is 2.59 bits per heavy atom. The highest BCUT2D eigenvalue weighted by atomic mass is 16.2. The summed E-state index contributed by atoms with van der Waals surface area (Å²) in [4.78, 5) is 32.6. The van der Waals surface area contributed by atoms with Gasteiger partial charge in [0.25, 0.3) is 5.91 Å². The number of rotatable bonds is 4. The van der Waals surface area contributed by atoms with E-state index in [9.17, 15) is 9.59 Å². The van der Waals surface area contributed by atoms with Crippen molar-refractivity contribution in [2.24, 2.45) is 11.3 Å². The Morgan fingerprint density at radius 2 is 2.00 bits per heavy atom. The molecule has 0 fully saturated rings. The maximum absolute atomic E-state index is 13.2. The number of carbonyl (C=O) groups excluding carboxylic acids is 2. The van der Waals surface area contributed by atoms with Crippen molar-refractivity contribution in [1.82, 2.24) is 25.1 Å². The molecule has 0 bridgehead atoms. The molecule has 2 N–H and O–H groups in total. The van der Waals surface area contributed by atoms with Gasteiger partial charge in [-0.3, -0.25) is 14.5 Å². The van der Waals surface area contributed by atoms with Gasteiger partial charge < -0.3 is 15.2 Å². The molecule has 29 heavy (non-hydrogen) atoms. The van der Waals surface area contributed by atoms with Crippen molar-refractivity contribution in [3.05, 3.63) is 23.3 Å². The number of allylic oxidation sites excluding steroid dienone is 2. The van der Waals surface area contributed by atoms with Gasteiger partial charge in [0.2, 0.25) is 5.91 Å². The van der Waals surface area contributed by atoms with E-state index < -0.39 is 11.5 Å². The Kier molecular flexibility index (Phi) is 6.17. The van der Waals surface area contributed by atoms with Gasteiger partial charge in [-0.05, 0) is 43.2 Å². The molecule has 1 aliphatic heterocycles. The molecule has 2 aliphatic rings. The van der Waals surface area contributed by atoms with E-state index in [0.717, 1.165) is 43.9 Å². The zero-order valence-electron chi connectivity index (χ0n) is 18.6. The zero-order chi connectivity index (χ0) is 21.3. The lowest BCUT2D eigenvalue weighted by molar-refractivity contribution is -0.124. The first-order valence-corrected chi connectivity index (χ1v) is 10.6. The second-order valence-electron chi connectivity index (χ2n) is 9.62. The van der Waals surface area contributed by atoms with Crippen LogP contribution in [-0.4, -0.2) is 52.9 Å². The molecular weight excluding hydrogens is 366 g/mol. The van der Waals surface area contributed by atoms with Gasteiger partial charge in [0.05, 0.1) is 5.69 Å². The van der Waals surface area contributed by atoms with Crippen LogP contribution in [0.25, 0.3) is 5.57 Å². The average molecular weight is 402 g/mol. The lowest BCUT2D eigenvalue weighted by atomic mass is 9.86. The molecule has 1 aliphatic carbocycles. The number of imidazole rings is 1. The van der Waals surface area contributed by atoms with Crippen LogP contribution in [0.2, 0.25) is 0 Å². The molecule has 160 valence electrons. The monoisotopic (exact) mass is 401 g/mol. The van der Waals surface area contributed by atoms with Gasteiger partial charge >= 0.3 is 0 Å². The van der Waals surface area contributed by atoms with E-state index in [1.165, 1.54) is 5.57 Å². The van der Waals surface area contributed by atoms with Crippen LogP contribution in [0.4, 0.5) is 0 Å². The maximum atomic E-state index is 13.2. The number of likely N-dealkylation sites (N-methyl/N-ethyl adjacent to an activating group) is 2. The number of hydrogen-bond acceptors (Lipinski definition) is 4. The Labute approximate surface area is 173 Å². The Morgan fingerprint density at radius 1 is 1.28 bits per heavy atom. The van der Waals surface area contributed by atoms with Crippen molar-refractivity contribution < 1.29 is 9.59 Å². The van der Waals surface area contributed by atoms with Gasteiger partial charge in [-0.15, -0.1) is 0 Å². The van der Waals surface area contributed by atoms with E-state index in [4.69, 9.17) is 4.98 Å². The number of fused-ring (bicyclic) bond motifs is 1. The van der Waals surface area contributed by atoms with Crippen LogP contribution >= 0.6 is 0 Å². The first kappa shape index (κ1) is 21.6. The Balaban J connectivity index is 1.96. The van der Waals surface area contributed by atoms with Crippen LogP contribution in [0, 0.1) is 11.3 Å². The van der Waals surface area contributed by atoms with Crippen molar-refractivity contribution >= 4 is 17.4 Å². The highest BCUT2D eigenvalue weighted by Crippen LogP contribution is 2.32. The lowest BCUT2D eigenvalue weighted by Gasteiger charge is -2.30. The van der Waals surface area contributed by atoms with Gasteiger partial charge in [-0.1, -0.05) is 33.8 Å². The number of aromatic nitrogens is 2. The summed E-state index contributed by atoms with van der Waals surface area (Å²) in [5, 5.41) is 5.61. The fourth-order valence-corrected chi connectivity index (χ4v) is 4.11. The molecule has 0 radical (unpaired) electrons. The molecule has 7 heteroatoms. The molecule has 2 heterocycles. The summed E-state index contributed by atoms with van der Waals surface area (Å²) in [5.74, 6) is 1.16. The van der Waals surface area contributed by atoms with Crippen LogP contribution in [0.15, 0.2) is 6.08 Å². The fraction of sp³-hybridized carbons (Fsp3) is 0.682. The molecule has 2 atom stereocenters. The Bertz CT molecular complexity index is 818. The summed E-state index contributed by atoms with van der Waals surface area (Å²) < 4.78 is 2.21. The summed E-state index contributed by atoms with van der Waals surface area (Å²) in [6.45, 7) is 10.6. The molecule has 0 saturated carbocycles. The average Bonchev–Trinajstić information content (AvgIpc) is 3.03. The summed E-state index contributed by atoms with van der Waals surface area (Å²) in [5.41, 5.74) is 2.23. The van der Waals surface area contributed by atoms with Crippen molar-refractivity contribution in [3.8, 4) is 0 Å². The third kappa shape index (κ3) is 4.55. The molecule has 7 nitrogen and oxygen atoms in total. The number of nitrogens with zero attached hydrogens (tertiary/aromatic N) is 3. The summed E-state index contributed by atoms with van der Waals surface area (Å²) >= 11 is 0. The minimum atomic E-state index is -0.628. The molecule has 1 aromatic heterocycles. The minimum absolute atomic E-state index is 0.194. The molecule has 3 rings (SSSR count). The molecule has 1 aromatic rings. The van der Waals surface area contributed by atoms with Gasteiger partial charge in [0, 0.05) is 26.7 Å². The van der Waals surface area contributed by atoms with Crippen molar-refractivity contribution in [1.29, 1.82) is 0 Å². The Hall–Kier alpha value is -2.15. The van der Waals surface area contributed by atoms with E-state index >= 15 is 0 Å². The predicted molar refractivity (Wildman–Crippen MR) is 114 cm³/mol. The zero-order valence-corrected chi connectivity index (χ0v) is 18.6. The van der Waals surface area contributed by atoms with Gasteiger partial charge in [-0.2, -0.15) is 0 Å². The molecular formula is C22H35N5O2. The first-order valence-electron chi connectivity index (χ1n) is 10.6. The van der Waals surface area contributed by atoms with Crippen LogP contribution in [-0.2, 0) is 17.9 Å². The fourth-order valence-electron chi connectivity index (χ4n) is 4.11. The van der Waals surface area contributed by atoms with E-state index in [2.05, 4.69) is 40.1 Å². The van der Waals surface area contributed by atoms with Gasteiger partial charge in [-0.25, -0.2) is 4.98 Å². The van der Waals surface area contributed by atoms with Crippen LogP contribution < -0.4 is 10.6 Å². The molecule has 2 unspecified atom stereocenters. The third-order valence-corrected chi connectivity index (χ3v) is 6.02. The number of amides is 2. The van der Waals surface area contributed by atoms with Crippen molar-refractivity contribution in [2.45, 2.75) is 66.1 Å². The molecule has 2 amide bonds. The number of hydrogen-bond donors (Lipinski definition) is 2. The normalized spacial score (nSPS) is 21.2. The quantitative estimate of drug-likeness (QED) is 0.812. The highest BCUT2D eigenvalue weighted by molar-refractivity contribution is 5.97. The smallest absolute Gasteiger partial charge is 0.272 e. The van der Waals surface area contributed by atoms with Crippen molar-refractivity contribution in [2.75, 3.05) is 20.6 Å². The van der Waals surface area contributed by atoms with E-state index in [-0.39, 0.29) is 11.8 Å². The SMILES string of the molecule is CNC(=O)C(NC(=O)c1nc(C2=CCC(C)CC2)n2c1CN(C)CC2)C(C)(C)C. The van der Waals surface area contributed by atoms with E-state index in [1.807, 2.05) is 20.8 Å². The topological polar surface area (TPSA) is 79.3 Å². The third-order valence-electron chi connectivity index (χ3n) is 6.02. The standard InChI is InChI=1S/C22H35N5O2/c1-14-7-9-15(10-8-14)19-24-17(16-13-26(6)11-12-27(16)19)20(28)25-18(21(29)23-5)22(2,3)4/h9,14,18H,7-8,10-13H2,1-6H3,(H,23,29)(H,25,28). The minimum Gasteiger partial charge on any atom is -0.357 e. The summed E-state index contributed by atoms with van der Waals surface area (Å²) in [6, 6.07) is -0.628. The van der Waals surface area contributed by atoms with Crippen LogP contribution in [0.3, 0.4) is 0 Å². The number of carbonyl (C=O) groups is 2.